The van der Waals surface area contributed by atoms with Crippen LogP contribution in [0.15, 0.2) is 18.5 Å². The van der Waals surface area contributed by atoms with Crippen molar-refractivity contribution in [2.24, 2.45) is 0 Å². The number of H-pyrrole nitrogens is 1. The molecule has 1 fully saturated rings. The Kier molecular flexibility index (Phi) is 1.72. The van der Waals surface area contributed by atoms with Crippen molar-refractivity contribution in [2.75, 3.05) is 0 Å². The van der Waals surface area contributed by atoms with Crippen molar-refractivity contribution in [3.8, 4) is 0 Å². The molecule has 59 valence electrons. The second-order valence-electron chi connectivity index (χ2n) is 3.44. The summed E-state index contributed by atoms with van der Waals surface area (Å²) in [5, 5.41) is 0. The predicted octanol–water partition coefficient (Wildman–Crippen LogP) is 2.88. The SMILES string of the molecule is C[C]1CCCC1c1cc[nH]c1. The summed E-state index contributed by atoms with van der Waals surface area (Å²) in [4.78, 5) is 3.11. The maximum Gasteiger partial charge on any atom is 0.00403 e. The molecule has 2 rings (SSSR count). The van der Waals surface area contributed by atoms with Crippen molar-refractivity contribution in [3.05, 3.63) is 29.9 Å². The van der Waals surface area contributed by atoms with Gasteiger partial charge in [0.15, 0.2) is 0 Å². The second-order valence-corrected chi connectivity index (χ2v) is 3.44. The van der Waals surface area contributed by atoms with Crippen LogP contribution < -0.4 is 0 Å². The molecule has 0 aliphatic heterocycles. The Labute approximate surface area is 67.8 Å². The van der Waals surface area contributed by atoms with Gasteiger partial charge in [-0.25, -0.2) is 0 Å². The van der Waals surface area contributed by atoms with Gasteiger partial charge in [-0.1, -0.05) is 13.3 Å². The lowest BCUT2D eigenvalue weighted by Crippen LogP contribution is -1.97. The van der Waals surface area contributed by atoms with Crippen LogP contribution in [-0.2, 0) is 0 Å². The fraction of sp³-hybridized carbons (Fsp3) is 0.500. The number of hydrogen-bond donors (Lipinski definition) is 1. The van der Waals surface area contributed by atoms with E-state index in [0.29, 0.717) is 0 Å². The van der Waals surface area contributed by atoms with Crippen molar-refractivity contribution in [3.63, 3.8) is 0 Å². The molecule has 1 aliphatic carbocycles. The van der Waals surface area contributed by atoms with Crippen LogP contribution in [0.2, 0.25) is 0 Å². The Hall–Kier alpha value is -0.720. The van der Waals surface area contributed by atoms with E-state index in [2.05, 4.69) is 24.2 Å². The van der Waals surface area contributed by atoms with Gasteiger partial charge in [0.2, 0.25) is 0 Å². The number of nitrogens with one attached hydrogen (secondary N) is 1. The number of hydrogen-bond acceptors (Lipinski definition) is 0. The number of rotatable bonds is 1. The fourth-order valence-corrected chi connectivity index (χ4v) is 2.01. The third-order valence-corrected chi connectivity index (χ3v) is 2.68. The van der Waals surface area contributed by atoms with E-state index in [1.165, 1.54) is 24.8 Å². The Morgan fingerprint density at radius 3 is 3.00 bits per heavy atom. The molecule has 0 spiro atoms. The maximum absolute atomic E-state index is 3.11. The van der Waals surface area contributed by atoms with Crippen molar-refractivity contribution in [1.82, 2.24) is 4.98 Å². The van der Waals surface area contributed by atoms with Gasteiger partial charge in [-0.3, -0.25) is 0 Å². The first-order valence-corrected chi connectivity index (χ1v) is 4.33. The molecule has 1 atom stereocenters. The summed E-state index contributed by atoms with van der Waals surface area (Å²) in [5.74, 6) is 2.41. The smallest absolute Gasteiger partial charge is 0.00403 e. The lowest BCUT2D eigenvalue weighted by Gasteiger charge is -2.11. The Bertz CT molecular complexity index is 213. The van der Waals surface area contributed by atoms with Gasteiger partial charge in [0.1, 0.15) is 0 Å². The molecule has 1 heteroatoms. The quantitative estimate of drug-likeness (QED) is 0.630. The van der Waals surface area contributed by atoms with E-state index in [1.54, 1.807) is 5.92 Å². The third kappa shape index (κ3) is 1.20. The molecule has 0 saturated heterocycles. The van der Waals surface area contributed by atoms with E-state index >= 15 is 0 Å². The summed E-state index contributed by atoms with van der Waals surface area (Å²) in [5.41, 5.74) is 1.47. The summed E-state index contributed by atoms with van der Waals surface area (Å²) in [6.45, 7) is 2.28. The summed E-state index contributed by atoms with van der Waals surface area (Å²) in [6.07, 6.45) is 8.20. The molecule has 1 N–H and O–H groups in total. The predicted molar refractivity (Wildman–Crippen MR) is 46.3 cm³/mol. The summed E-state index contributed by atoms with van der Waals surface area (Å²) >= 11 is 0. The molecule has 1 saturated carbocycles. The minimum absolute atomic E-state index is 0.751. The lowest BCUT2D eigenvalue weighted by atomic mass is 9.92. The average molecular weight is 148 g/mol. The molecule has 1 heterocycles. The van der Waals surface area contributed by atoms with E-state index in [4.69, 9.17) is 0 Å². The topological polar surface area (TPSA) is 15.8 Å². The molecule has 0 amide bonds. The first-order chi connectivity index (χ1) is 5.38. The summed E-state index contributed by atoms with van der Waals surface area (Å²) < 4.78 is 0. The van der Waals surface area contributed by atoms with Gasteiger partial charge in [0, 0.05) is 12.4 Å². The molecule has 0 aromatic carbocycles. The van der Waals surface area contributed by atoms with Gasteiger partial charge >= 0.3 is 0 Å². The minimum atomic E-state index is 0.751. The second kappa shape index (κ2) is 2.72. The van der Waals surface area contributed by atoms with E-state index < -0.39 is 0 Å². The zero-order valence-corrected chi connectivity index (χ0v) is 6.93. The zero-order valence-electron chi connectivity index (χ0n) is 6.93. The highest BCUT2D eigenvalue weighted by atomic mass is 14.6. The van der Waals surface area contributed by atoms with Crippen LogP contribution in [0.4, 0.5) is 0 Å². The molecule has 1 unspecified atom stereocenters. The molecule has 1 nitrogen and oxygen atoms in total. The molecule has 1 radical (unpaired) electrons. The van der Waals surface area contributed by atoms with Crippen LogP contribution in [0.5, 0.6) is 0 Å². The molecular formula is C10H14N. The van der Waals surface area contributed by atoms with Gasteiger partial charge in [-0.2, -0.15) is 0 Å². The van der Waals surface area contributed by atoms with Crippen molar-refractivity contribution in [1.29, 1.82) is 0 Å². The minimum Gasteiger partial charge on any atom is -0.367 e. The van der Waals surface area contributed by atoms with Crippen molar-refractivity contribution < 1.29 is 0 Å². The van der Waals surface area contributed by atoms with E-state index in [0.717, 1.165) is 5.92 Å². The first kappa shape index (κ1) is 6.96. The van der Waals surface area contributed by atoms with Crippen molar-refractivity contribution >= 4 is 0 Å². The maximum atomic E-state index is 3.11. The van der Waals surface area contributed by atoms with Crippen LogP contribution in [0.1, 0.15) is 37.7 Å². The Morgan fingerprint density at radius 2 is 2.45 bits per heavy atom. The average Bonchev–Trinajstić information content (AvgIpc) is 2.55. The summed E-state index contributed by atoms with van der Waals surface area (Å²) in [7, 11) is 0. The molecular weight excluding hydrogens is 134 g/mol. The molecule has 1 aromatic heterocycles. The number of aromatic amines is 1. The third-order valence-electron chi connectivity index (χ3n) is 2.68. The molecule has 1 aromatic rings. The van der Waals surface area contributed by atoms with Crippen LogP contribution >= 0.6 is 0 Å². The van der Waals surface area contributed by atoms with Crippen LogP contribution in [0.25, 0.3) is 0 Å². The highest BCUT2D eigenvalue weighted by Gasteiger charge is 2.25. The van der Waals surface area contributed by atoms with Gasteiger partial charge in [-0.15, -0.1) is 0 Å². The molecule has 1 aliphatic rings. The van der Waals surface area contributed by atoms with E-state index in [1.807, 2.05) is 6.20 Å². The van der Waals surface area contributed by atoms with Gasteiger partial charge in [0.05, 0.1) is 0 Å². The van der Waals surface area contributed by atoms with Crippen LogP contribution in [-0.4, -0.2) is 4.98 Å². The highest BCUT2D eigenvalue weighted by Crippen LogP contribution is 2.40. The summed E-state index contributed by atoms with van der Waals surface area (Å²) in [6, 6.07) is 2.19. The van der Waals surface area contributed by atoms with Gasteiger partial charge < -0.3 is 4.98 Å². The first-order valence-electron chi connectivity index (χ1n) is 4.33. The zero-order chi connectivity index (χ0) is 7.68. The van der Waals surface area contributed by atoms with Gasteiger partial charge in [0.25, 0.3) is 0 Å². The number of aromatic nitrogens is 1. The normalized spacial score (nSPS) is 26.1. The van der Waals surface area contributed by atoms with Crippen LogP contribution in [0, 0.1) is 5.92 Å². The fourth-order valence-electron chi connectivity index (χ4n) is 2.01. The Balaban J connectivity index is 2.16. The monoisotopic (exact) mass is 148 g/mol. The van der Waals surface area contributed by atoms with E-state index in [9.17, 15) is 0 Å². The molecule has 11 heavy (non-hydrogen) atoms. The van der Waals surface area contributed by atoms with Crippen LogP contribution in [0.3, 0.4) is 0 Å². The standard InChI is InChI=1S/C10H14N/c1-8-3-2-4-10(8)9-5-6-11-7-9/h5-7,10-11H,2-4H2,1H3. The lowest BCUT2D eigenvalue weighted by molar-refractivity contribution is 0.753. The largest absolute Gasteiger partial charge is 0.367 e. The van der Waals surface area contributed by atoms with Gasteiger partial charge in [-0.05, 0) is 36.3 Å². The Morgan fingerprint density at radius 1 is 1.55 bits per heavy atom. The molecule has 0 bridgehead atoms. The van der Waals surface area contributed by atoms with E-state index in [-0.39, 0.29) is 0 Å². The van der Waals surface area contributed by atoms with Crippen molar-refractivity contribution in [2.45, 2.75) is 32.1 Å². The highest BCUT2D eigenvalue weighted by molar-refractivity contribution is 5.24.